The van der Waals surface area contributed by atoms with Gasteiger partial charge in [-0.25, -0.2) is 4.39 Å². The fourth-order valence-electron chi connectivity index (χ4n) is 3.73. The maximum Gasteiger partial charge on any atom is 0.260 e. The molecule has 9 heteroatoms. The lowest BCUT2D eigenvalue weighted by Crippen LogP contribution is -2.30. The van der Waals surface area contributed by atoms with Crippen LogP contribution in [0.25, 0.3) is 0 Å². The van der Waals surface area contributed by atoms with Crippen molar-refractivity contribution in [1.82, 2.24) is 0 Å². The van der Waals surface area contributed by atoms with E-state index in [0.717, 1.165) is 28.7 Å². The third kappa shape index (κ3) is 4.25. The molecule has 2 heterocycles. The van der Waals surface area contributed by atoms with Crippen LogP contribution in [0.1, 0.15) is 26.3 Å². The number of rotatable bonds is 3. The summed E-state index contributed by atoms with van der Waals surface area (Å²) >= 11 is 14.1. The Balaban J connectivity index is 1.43. The minimum Gasteiger partial charge on any atom is -0.353 e. The number of nitrogens with one attached hydrogen (secondary N) is 2. The molecule has 2 amide bonds. The predicted octanol–water partition coefficient (Wildman–Crippen LogP) is 7.35. The molecule has 0 radical (unpaired) electrons. The molecule has 0 bridgehead atoms. The average molecular weight is 512 g/mol. The first-order valence-electron chi connectivity index (χ1n) is 10.2. The number of benzene rings is 3. The standard InChI is InChI=1S/C25H16Cl2FN3O2S/c26-19-8-5-15(28)9-18(19)24(32)29-16-6-7-17(20(27)10-16)25(33)31-11-14-12-34-13-22(14)30-21-3-1-2-4-23(21)31/h1-10,12-13,30H,11H2,(H,29,32). The number of halogens is 3. The Hall–Kier alpha value is -3.39. The van der Waals surface area contributed by atoms with Crippen molar-refractivity contribution >= 4 is 69.1 Å². The van der Waals surface area contributed by atoms with E-state index in [9.17, 15) is 14.0 Å². The summed E-state index contributed by atoms with van der Waals surface area (Å²) in [5.41, 5.74) is 4.16. The molecule has 170 valence electrons. The smallest absolute Gasteiger partial charge is 0.260 e. The number of amides is 2. The zero-order chi connectivity index (χ0) is 23.8. The van der Waals surface area contributed by atoms with Crippen LogP contribution in [0.2, 0.25) is 10.0 Å². The van der Waals surface area contributed by atoms with Gasteiger partial charge in [-0.3, -0.25) is 9.59 Å². The Bertz CT molecular complexity index is 1440. The number of anilines is 4. The molecule has 0 atom stereocenters. The molecule has 0 unspecified atom stereocenters. The van der Waals surface area contributed by atoms with Gasteiger partial charge in [-0.2, -0.15) is 0 Å². The molecule has 0 fully saturated rings. The van der Waals surface area contributed by atoms with Crippen molar-refractivity contribution in [1.29, 1.82) is 0 Å². The van der Waals surface area contributed by atoms with Crippen molar-refractivity contribution in [2.45, 2.75) is 6.54 Å². The second-order valence-electron chi connectivity index (χ2n) is 7.62. The summed E-state index contributed by atoms with van der Waals surface area (Å²) in [6.07, 6.45) is 0. The Morgan fingerprint density at radius 2 is 1.76 bits per heavy atom. The first kappa shape index (κ1) is 22.4. The van der Waals surface area contributed by atoms with E-state index in [1.54, 1.807) is 28.4 Å². The van der Waals surface area contributed by atoms with Crippen LogP contribution in [0.15, 0.2) is 71.4 Å². The van der Waals surface area contributed by atoms with E-state index in [1.165, 1.54) is 18.2 Å². The molecular formula is C25H16Cl2FN3O2S. The first-order chi connectivity index (χ1) is 16.4. The minimum absolute atomic E-state index is 0.00168. The van der Waals surface area contributed by atoms with E-state index in [-0.39, 0.29) is 27.1 Å². The van der Waals surface area contributed by atoms with Crippen molar-refractivity contribution in [2.75, 3.05) is 15.5 Å². The molecule has 0 saturated carbocycles. The summed E-state index contributed by atoms with van der Waals surface area (Å²) in [6.45, 7) is 0.383. The molecule has 34 heavy (non-hydrogen) atoms. The number of carbonyl (C=O) groups excluding carboxylic acids is 2. The van der Waals surface area contributed by atoms with Crippen LogP contribution >= 0.6 is 34.5 Å². The van der Waals surface area contributed by atoms with Gasteiger partial charge >= 0.3 is 0 Å². The molecule has 0 spiro atoms. The molecule has 4 aromatic rings. The maximum atomic E-state index is 13.6. The van der Waals surface area contributed by atoms with E-state index in [1.807, 2.05) is 35.0 Å². The Morgan fingerprint density at radius 1 is 0.941 bits per heavy atom. The van der Waals surface area contributed by atoms with Crippen molar-refractivity contribution in [3.05, 3.63) is 104 Å². The zero-order valence-corrected chi connectivity index (χ0v) is 19.8. The highest BCUT2D eigenvalue weighted by Gasteiger charge is 2.26. The highest BCUT2D eigenvalue weighted by Crippen LogP contribution is 2.38. The number of fused-ring (bicyclic) bond motifs is 2. The van der Waals surface area contributed by atoms with E-state index < -0.39 is 11.7 Å². The van der Waals surface area contributed by atoms with Crippen molar-refractivity contribution in [2.24, 2.45) is 0 Å². The number of para-hydroxylation sites is 2. The molecule has 1 aromatic heterocycles. The van der Waals surface area contributed by atoms with Crippen molar-refractivity contribution in [3.8, 4) is 0 Å². The Morgan fingerprint density at radius 3 is 2.59 bits per heavy atom. The second kappa shape index (κ2) is 9.10. The topological polar surface area (TPSA) is 61.4 Å². The summed E-state index contributed by atoms with van der Waals surface area (Å²) in [5, 5.41) is 10.3. The number of carbonyl (C=O) groups is 2. The fourth-order valence-corrected chi connectivity index (χ4v) is 4.98. The summed E-state index contributed by atoms with van der Waals surface area (Å²) in [5.74, 6) is -1.43. The quantitative estimate of drug-likeness (QED) is 0.302. The van der Waals surface area contributed by atoms with Crippen LogP contribution in [0, 0.1) is 5.82 Å². The van der Waals surface area contributed by atoms with Gasteiger partial charge in [0.25, 0.3) is 11.8 Å². The molecule has 2 N–H and O–H groups in total. The van der Waals surface area contributed by atoms with Gasteiger partial charge < -0.3 is 15.5 Å². The summed E-state index contributed by atoms with van der Waals surface area (Å²) in [6, 6.07) is 15.7. The molecule has 5 rings (SSSR count). The first-order valence-corrected chi connectivity index (χ1v) is 11.9. The Kier molecular flexibility index (Phi) is 6.00. The molecule has 0 aliphatic carbocycles. The molecular weight excluding hydrogens is 496 g/mol. The SMILES string of the molecule is O=C(Nc1ccc(C(=O)N2Cc3cscc3Nc3ccccc32)c(Cl)c1)c1cc(F)ccc1Cl. The van der Waals surface area contributed by atoms with Crippen molar-refractivity contribution in [3.63, 3.8) is 0 Å². The molecule has 1 aliphatic rings. The maximum absolute atomic E-state index is 13.6. The molecule has 0 saturated heterocycles. The van der Waals surface area contributed by atoms with Crippen LogP contribution in [0.3, 0.4) is 0 Å². The molecule has 3 aromatic carbocycles. The monoisotopic (exact) mass is 511 g/mol. The van der Waals surface area contributed by atoms with Gasteiger partial charge in [-0.1, -0.05) is 35.3 Å². The number of thiophene rings is 1. The van der Waals surface area contributed by atoms with E-state index >= 15 is 0 Å². The van der Waals surface area contributed by atoms with Gasteiger partial charge in [-0.15, -0.1) is 11.3 Å². The summed E-state index contributed by atoms with van der Waals surface area (Å²) in [7, 11) is 0. The summed E-state index contributed by atoms with van der Waals surface area (Å²) < 4.78 is 13.5. The van der Waals surface area contributed by atoms with Crippen LogP contribution in [-0.2, 0) is 6.54 Å². The third-order valence-electron chi connectivity index (χ3n) is 5.41. The largest absolute Gasteiger partial charge is 0.353 e. The average Bonchev–Trinajstić information content (AvgIpc) is 3.19. The van der Waals surface area contributed by atoms with E-state index in [0.29, 0.717) is 12.2 Å². The lowest BCUT2D eigenvalue weighted by Gasteiger charge is -2.23. The Labute approximate surface area is 208 Å². The van der Waals surface area contributed by atoms with Crippen LogP contribution in [0.5, 0.6) is 0 Å². The van der Waals surface area contributed by atoms with E-state index in [4.69, 9.17) is 23.2 Å². The number of nitrogens with zero attached hydrogens (tertiary/aromatic N) is 1. The van der Waals surface area contributed by atoms with E-state index in [2.05, 4.69) is 10.6 Å². The third-order valence-corrected chi connectivity index (χ3v) is 6.85. The van der Waals surface area contributed by atoms with Crippen LogP contribution in [-0.4, -0.2) is 11.8 Å². The van der Waals surface area contributed by atoms with Gasteiger partial charge in [0.05, 0.1) is 44.8 Å². The number of hydrogen-bond donors (Lipinski definition) is 2. The fraction of sp³-hybridized carbons (Fsp3) is 0.0400. The highest BCUT2D eigenvalue weighted by atomic mass is 35.5. The van der Waals surface area contributed by atoms with Gasteiger partial charge in [-0.05, 0) is 53.9 Å². The van der Waals surface area contributed by atoms with Crippen LogP contribution < -0.4 is 15.5 Å². The lowest BCUT2D eigenvalue weighted by molar-refractivity contribution is 0.0984. The van der Waals surface area contributed by atoms with Gasteiger partial charge in [0.15, 0.2) is 0 Å². The second-order valence-corrected chi connectivity index (χ2v) is 9.18. The zero-order valence-electron chi connectivity index (χ0n) is 17.4. The predicted molar refractivity (Wildman–Crippen MR) is 135 cm³/mol. The van der Waals surface area contributed by atoms with Crippen LogP contribution in [0.4, 0.5) is 27.1 Å². The highest BCUT2D eigenvalue weighted by molar-refractivity contribution is 7.08. The van der Waals surface area contributed by atoms with Gasteiger partial charge in [0.2, 0.25) is 0 Å². The van der Waals surface area contributed by atoms with Gasteiger partial charge in [0, 0.05) is 16.6 Å². The van der Waals surface area contributed by atoms with Crippen molar-refractivity contribution < 1.29 is 14.0 Å². The molecule has 1 aliphatic heterocycles. The van der Waals surface area contributed by atoms with Gasteiger partial charge in [0.1, 0.15) is 5.82 Å². The number of hydrogen-bond acceptors (Lipinski definition) is 4. The minimum atomic E-state index is -0.586. The summed E-state index contributed by atoms with van der Waals surface area (Å²) in [4.78, 5) is 27.8. The molecule has 5 nitrogen and oxygen atoms in total. The normalized spacial score (nSPS) is 12.3. The lowest BCUT2D eigenvalue weighted by atomic mass is 10.1.